The van der Waals surface area contributed by atoms with Gasteiger partial charge in [0.1, 0.15) is 0 Å². The molecule has 1 heterocycles. The van der Waals surface area contributed by atoms with E-state index in [1.165, 1.54) is 11.8 Å². The topological polar surface area (TPSA) is 62.3 Å². The number of para-hydroxylation sites is 1. The van der Waals surface area contributed by atoms with E-state index in [0.29, 0.717) is 22.3 Å². The zero-order valence-corrected chi connectivity index (χ0v) is 14.6. The quantitative estimate of drug-likeness (QED) is 0.852. The predicted molar refractivity (Wildman–Crippen MR) is 95.2 cm³/mol. The first-order chi connectivity index (χ1) is 11.5. The summed E-state index contributed by atoms with van der Waals surface area (Å²) in [4.78, 5) is 29.4. The van der Waals surface area contributed by atoms with Gasteiger partial charge in [-0.05, 0) is 24.3 Å². The van der Waals surface area contributed by atoms with Crippen LogP contribution in [0.5, 0.6) is 0 Å². The van der Waals surface area contributed by atoms with Gasteiger partial charge in [0.15, 0.2) is 0 Å². The average Bonchev–Trinajstić information content (AvgIpc) is 2.56. The second-order valence-corrected chi connectivity index (χ2v) is 5.90. The Morgan fingerprint density at radius 3 is 2.42 bits per heavy atom. The Bertz CT molecular complexity index is 703. The second kappa shape index (κ2) is 8.66. The third kappa shape index (κ3) is 4.94. The van der Waals surface area contributed by atoms with E-state index < -0.39 is 0 Å². The third-order valence-electron chi connectivity index (χ3n) is 3.34. The third-order valence-corrected chi connectivity index (χ3v) is 3.95. The summed E-state index contributed by atoms with van der Waals surface area (Å²) < 4.78 is 0. The van der Waals surface area contributed by atoms with Crippen molar-refractivity contribution in [3.63, 3.8) is 0 Å². The fraction of sp³-hybridized carbons (Fsp3) is 0.235. The summed E-state index contributed by atoms with van der Waals surface area (Å²) in [5.74, 6) is -0.419. The molecule has 0 atom stereocenters. The number of amides is 2. The molecule has 2 rings (SSSR count). The van der Waals surface area contributed by atoms with Gasteiger partial charge >= 0.3 is 0 Å². The van der Waals surface area contributed by atoms with Gasteiger partial charge in [-0.15, -0.1) is 0 Å². The van der Waals surface area contributed by atoms with Gasteiger partial charge in [-0.3, -0.25) is 14.6 Å². The molecule has 2 aromatic rings. The van der Waals surface area contributed by atoms with Crippen LogP contribution >= 0.6 is 23.2 Å². The molecule has 0 aliphatic heterocycles. The number of carbonyl (C=O) groups excluding carboxylic acids is 2. The number of aromatic nitrogens is 1. The summed E-state index contributed by atoms with van der Waals surface area (Å²) in [5, 5.41) is 3.50. The highest BCUT2D eigenvalue weighted by molar-refractivity contribution is 6.39. The van der Waals surface area contributed by atoms with Gasteiger partial charge in [-0.2, -0.15) is 0 Å². The van der Waals surface area contributed by atoms with E-state index in [1.807, 2.05) is 18.2 Å². The number of rotatable bonds is 6. The smallest absolute Gasteiger partial charge is 0.223 e. The Kier molecular flexibility index (Phi) is 6.58. The van der Waals surface area contributed by atoms with Crippen molar-refractivity contribution >= 4 is 40.7 Å². The highest BCUT2D eigenvalue weighted by atomic mass is 35.5. The van der Waals surface area contributed by atoms with Crippen molar-refractivity contribution in [2.45, 2.75) is 19.9 Å². The molecule has 0 fully saturated rings. The Hall–Kier alpha value is -2.11. The molecule has 0 spiro atoms. The summed E-state index contributed by atoms with van der Waals surface area (Å²) in [6.45, 7) is 1.94. The minimum atomic E-state index is -0.234. The number of nitrogens with zero attached hydrogens (tertiary/aromatic N) is 2. The van der Waals surface area contributed by atoms with Crippen LogP contribution in [0.2, 0.25) is 10.0 Å². The molecule has 0 saturated heterocycles. The van der Waals surface area contributed by atoms with Crippen LogP contribution in [0.1, 0.15) is 19.0 Å². The fourth-order valence-electron chi connectivity index (χ4n) is 2.17. The lowest BCUT2D eigenvalue weighted by Crippen LogP contribution is -2.34. The van der Waals surface area contributed by atoms with Crippen molar-refractivity contribution < 1.29 is 9.59 Å². The number of anilines is 1. The number of hydrogen-bond donors (Lipinski definition) is 1. The molecule has 0 saturated carbocycles. The molecule has 1 aromatic heterocycles. The van der Waals surface area contributed by atoms with Gasteiger partial charge in [-0.1, -0.05) is 35.3 Å². The lowest BCUT2D eigenvalue weighted by Gasteiger charge is -2.23. The molecule has 1 aromatic carbocycles. The maximum absolute atomic E-state index is 12.0. The lowest BCUT2D eigenvalue weighted by atomic mass is 10.2. The van der Waals surface area contributed by atoms with Crippen LogP contribution in [-0.2, 0) is 16.1 Å². The number of benzene rings is 1. The highest BCUT2D eigenvalue weighted by Gasteiger charge is 2.19. The SMILES string of the molecule is CC(=O)N(CCC(=O)NCc1ccccn1)c1c(Cl)cccc1Cl. The van der Waals surface area contributed by atoms with Crippen LogP contribution in [0.15, 0.2) is 42.6 Å². The fourth-order valence-corrected chi connectivity index (χ4v) is 2.77. The number of halogens is 2. The van der Waals surface area contributed by atoms with Crippen molar-refractivity contribution in [2.24, 2.45) is 0 Å². The zero-order valence-electron chi connectivity index (χ0n) is 13.1. The number of carbonyl (C=O) groups is 2. The summed E-state index contributed by atoms with van der Waals surface area (Å²) in [5.41, 5.74) is 1.19. The molecule has 0 radical (unpaired) electrons. The van der Waals surface area contributed by atoms with Crippen molar-refractivity contribution in [3.05, 3.63) is 58.3 Å². The first-order valence-corrected chi connectivity index (χ1v) is 8.13. The Labute approximate surface area is 150 Å². The van der Waals surface area contributed by atoms with Crippen molar-refractivity contribution in [2.75, 3.05) is 11.4 Å². The van der Waals surface area contributed by atoms with Crippen LogP contribution in [0.25, 0.3) is 0 Å². The maximum Gasteiger partial charge on any atom is 0.223 e. The summed E-state index contributed by atoms with van der Waals surface area (Å²) in [6.07, 6.45) is 1.80. The van der Waals surface area contributed by atoms with E-state index in [-0.39, 0.29) is 24.8 Å². The van der Waals surface area contributed by atoms with E-state index in [4.69, 9.17) is 23.2 Å². The van der Waals surface area contributed by atoms with Crippen LogP contribution in [-0.4, -0.2) is 23.3 Å². The molecule has 24 heavy (non-hydrogen) atoms. The van der Waals surface area contributed by atoms with E-state index in [9.17, 15) is 9.59 Å². The second-order valence-electron chi connectivity index (χ2n) is 5.09. The van der Waals surface area contributed by atoms with Gasteiger partial charge in [0.05, 0.1) is 28.0 Å². The zero-order chi connectivity index (χ0) is 17.5. The van der Waals surface area contributed by atoms with E-state index in [1.54, 1.807) is 24.4 Å². The van der Waals surface area contributed by atoms with Crippen LogP contribution in [0, 0.1) is 0 Å². The molecule has 0 unspecified atom stereocenters. The summed E-state index contributed by atoms with van der Waals surface area (Å²) >= 11 is 12.3. The molecule has 2 amide bonds. The van der Waals surface area contributed by atoms with E-state index >= 15 is 0 Å². The normalized spacial score (nSPS) is 10.3. The number of hydrogen-bond acceptors (Lipinski definition) is 3. The van der Waals surface area contributed by atoms with Crippen LogP contribution in [0.3, 0.4) is 0 Å². The van der Waals surface area contributed by atoms with Crippen molar-refractivity contribution in [3.8, 4) is 0 Å². The van der Waals surface area contributed by atoms with Crippen molar-refractivity contribution in [1.29, 1.82) is 0 Å². The molecule has 1 N–H and O–H groups in total. The largest absolute Gasteiger partial charge is 0.350 e. The van der Waals surface area contributed by atoms with E-state index in [0.717, 1.165) is 5.69 Å². The van der Waals surface area contributed by atoms with Gasteiger partial charge < -0.3 is 10.2 Å². The van der Waals surface area contributed by atoms with Crippen molar-refractivity contribution in [1.82, 2.24) is 10.3 Å². The van der Waals surface area contributed by atoms with E-state index in [2.05, 4.69) is 10.3 Å². The Morgan fingerprint density at radius 1 is 1.12 bits per heavy atom. The van der Waals surface area contributed by atoms with Gasteiger partial charge in [0.2, 0.25) is 11.8 Å². The first kappa shape index (κ1) is 18.2. The first-order valence-electron chi connectivity index (χ1n) is 7.37. The summed E-state index contributed by atoms with van der Waals surface area (Å²) in [6, 6.07) is 10.5. The molecule has 0 aliphatic rings. The Morgan fingerprint density at radius 2 is 1.83 bits per heavy atom. The Balaban J connectivity index is 1.97. The molecule has 7 heteroatoms. The minimum Gasteiger partial charge on any atom is -0.350 e. The standard InChI is InChI=1S/C17H17Cl2N3O2/c1-12(23)22(17-14(18)6-4-7-15(17)19)10-8-16(24)21-11-13-5-2-3-9-20-13/h2-7,9H,8,10-11H2,1H3,(H,21,24). The van der Waals surface area contributed by atoms with Gasteiger partial charge in [-0.25, -0.2) is 0 Å². The number of pyridine rings is 1. The lowest BCUT2D eigenvalue weighted by molar-refractivity contribution is -0.121. The molecule has 0 aliphatic carbocycles. The van der Waals surface area contributed by atoms with Crippen LogP contribution in [0.4, 0.5) is 5.69 Å². The van der Waals surface area contributed by atoms with Crippen LogP contribution < -0.4 is 10.2 Å². The number of nitrogens with one attached hydrogen (secondary N) is 1. The molecular formula is C17H17Cl2N3O2. The summed E-state index contributed by atoms with van der Waals surface area (Å²) in [7, 11) is 0. The molecule has 0 bridgehead atoms. The molecular weight excluding hydrogens is 349 g/mol. The van der Waals surface area contributed by atoms with Gasteiger partial charge in [0, 0.05) is 26.1 Å². The maximum atomic E-state index is 12.0. The molecule has 126 valence electrons. The monoisotopic (exact) mass is 365 g/mol. The van der Waals surface area contributed by atoms with Gasteiger partial charge in [0.25, 0.3) is 0 Å². The highest BCUT2D eigenvalue weighted by Crippen LogP contribution is 2.33. The molecule has 5 nitrogen and oxygen atoms in total. The minimum absolute atomic E-state index is 0.133. The predicted octanol–water partition coefficient (Wildman–Crippen LogP) is 3.45. The average molecular weight is 366 g/mol.